The molecule has 102 valence electrons. The van der Waals surface area contributed by atoms with E-state index in [4.69, 9.17) is 4.74 Å². The molecular weight excluding hydrogens is 240 g/mol. The summed E-state index contributed by atoms with van der Waals surface area (Å²) in [7, 11) is 5.47. The van der Waals surface area contributed by atoms with Crippen molar-refractivity contribution in [3.8, 4) is 11.5 Å². The molecule has 0 saturated carbocycles. The third kappa shape index (κ3) is 4.87. The second-order valence-corrected chi connectivity index (χ2v) is 4.27. The van der Waals surface area contributed by atoms with Gasteiger partial charge in [-0.1, -0.05) is 6.07 Å². The van der Waals surface area contributed by atoms with E-state index in [-0.39, 0.29) is 5.75 Å². The molecule has 5 heteroatoms. The summed E-state index contributed by atoms with van der Waals surface area (Å²) in [5, 5.41) is 0. The molecule has 1 aromatic rings. The van der Waals surface area contributed by atoms with Gasteiger partial charge in [-0.3, -0.25) is 0 Å². The van der Waals surface area contributed by atoms with Gasteiger partial charge in [0, 0.05) is 0 Å². The molecule has 0 bridgehead atoms. The van der Waals surface area contributed by atoms with Gasteiger partial charge in [-0.15, -0.1) is 0 Å². The molecule has 0 saturated heterocycles. The van der Waals surface area contributed by atoms with E-state index in [1.165, 1.54) is 13.2 Å². The average molecular weight is 259 g/mol. The molecule has 0 amide bonds. The molecule has 0 heterocycles. The highest BCUT2D eigenvalue weighted by Crippen LogP contribution is 2.29. The number of hydrogen-bond donors (Lipinski definition) is 0. The van der Waals surface area contributed by atoms with E-state index in [1.807, 2.05) is 14.1 Å². The lowest BCUT2D eigenvalue weighted by Gasteiger charge is -2.12. The summed E-state index contributed by atoms with van der Waals surface area (Å²) in [6.07, 6.45) is 1.88. The van der Waals surface area contributed by atoms with Crippen LogP contribution in [0.15, 0.2) is 18.2 Å². The van der Waals surface area contributed by atoms with Crippen LogP contribution in [0, 0.1) is 0 Å². The molecule has 0 aromatic heterocycles. The molecule has 3 nitrogen and oxygen atoms in total. The summed E-state index contributed by atoms with van der Waals surface area (Å²) in [6, 6.07) is 5.05. The van der Waals surface area contributed by atoms with Crippen LogP contribution in [-0.2, 0) is 6.42 Å². The lowest BCUT2D eigenvalue weighted by Crippen LogP contribution is -2.13. The molecule has 0 spiro atoms. The first-order valence-electron chi connectivity index (χ1n) is 5.79. The maximum absolute atomic E-state index is 12.1. The average Bonchev–Trinajstić information content (AvgIpc) is 2.29. The maximum atomic E-state index is 12.1. The Labute approximate surface area is 106 Å². The van der Waals surface area contributed by atoms with Crippen molar-refractivity contribution in [2.45, 2.75) is 19.5 Å². The molecule has 1 aromatic carbocycles. The lowest BCUT2D eigenvalue weighted by molar-refractivity contribution is -0.0512. The SMILES string of the molecule is COc1cc(CCCN(C)C)ccc1OC(F)F. The van der Waals surface area contributed by atoms with E-state index >= 15 is 0 Å². The normalized spacial score (nSPS) is 11.1. The van der Waals surface area contributed by atoms with Gasteiger partial charge < -0.3 is 14.4 Å². The number of hydrogen-bond acceptors (Lipinski definition) is 3. The molecule has 0 radical (unpaired) electrons. The fourth-order valence-corrected chi connectivity index (χ4v) is 1.66. The Morgan fingerprint density at radius 3 is 2.50 bits per heavy atom. The standard InChI is InChI=1S/C13H19F2NO2/c1-16(2)8-4-5-10-6-7-11(18-13(14)15)12(9-10)17-3/h6-7,9,13H,4-5,8H2,1-3H3. The molecule has 0 fully saturated rings. The maximum Gasteiger partial charge on any atom is 0.387 e. The molecule has 0 aliphatic heterocycles. The minimum atomic E-state index is -2.83. The van der Waals surface area contributed by atoms with Crippen molar-refractivity contribution >= 4 is 0 Å². The Hall–Kier alpha value is -1.36. The van der Waals surface area contributed by atoms with E-state index in [9.17, 15) is 8.78 Å². The summed E-state index contributed by atoms with van der Waals surface area (Å²) < 4.78 is 33.7. The van der Waals surface area contributed by atoms with E-state index in [2.05, 4.69) is 9.64 Å². The zero-order valence-corrected chi connectivity index (χ0v) is 11.0. The Morgan fingerprint density at radius 2 is 1.94 bits per heavy atom. The summed E-state index contributed by atoms with van der Waals surface area (Å²) in [5.41, 5.74) is 1.05. The monoisotopic (exact) mass is 259 g/mol. The van der Waals surface area contributed by atoms with Crippen molar-refractivity contribution in [2.75, 3.05) is 27.7 Å². The van der Waals surface area contributed by atoms with E-state index < -0.39 is 6.61 Å². The van der Waals surface area contributed by atoms with Gasteiger partial charge >= 0.3 is 6.61 Å². The topological polar surface area (TPSA) is 21.7 Å². The molecule has 0 atom stereocenters. The first-order valence-corrected chi connectivity index (χ1v) is 5.79. The number of methoxy groups -OCH3 is 1. The molecule has 0 unspecified atom stereocenters. The van der Waals surface area contributed by atoms with Gasteiger partial charge in [0.05, 0.1) is 7.11 Å². The first kappa shape index (κ1) is 14.7. The van der Waals surface area contributed by atoms with Crippen LogP contribution in [0.1, 0.15) is 12.0 Å². The van der Waals surface area contributed by atoms with Crippen molar-refractivity contribution < 1.29 is 18.3 Å². The van der Waals surface area contributed by atoms with Gasteiger partial charge in [-0.2, -0.15) is 8.78 Å². The molecule has 0 aliphatic rings. The summed E-state index contributed by atoms with van der Waals surface area (Å²) in [6.45, 7) is -1.85. The van der Waals surface area contributed by atoms with Crippen LogP contribution >= 0.6 is 0 Å². The summed E-state index contributed by atoms with van der Waals surface area (Å²) in [4.78, 5) is 2.10. The van der Waals surface area contributed by atoms with Gasteiger partial charge in [-0.25, -0.2) is 0 Å². The fourth-order valence-electron chi connectivity index (χ4n) is 1.66. The van der Waals surface area contributed by atoms with Gasteiger partial charge in [0.1, 0.15) is 0 Å². The third-order valence-electron chi connectivity index (χ3n) is 2.51. The van der Waals surface area contributed by atoms with Crippen molar-refractivity contribution in [1.29, 1.82) is 0 Å². The number of benzene rings is 1. The van der Waals surface area contributed by atoms with E-state index in [1.54, 1.807) is 12.1 Å². The van der Waals surface area contributed by atoms with Crippen molar-refractivity contribution in [3.63, 3.8) is 0 Å². The summed E-state index contributed by atoms with van der Waals surface area (Å²) in [5.74, 6) is 0.418. The second kappa shape index (κ2) is 7.16. The van der Waals surface area contributed by atoms with Gasteiger partial charge in [0.2, 0.25) is 0 Å². The van der Waals surface area contributed by atoms with Crippen LogP contribution in [-0.4, -0.2) is 39.3 Å². The Bertz CT molecular complexity index is 370. The second-order valence-electron chi connectivity index (χ2n) is 4.27. The van der Waals surface area contributed by atoms with Crippen LogP contribution in [0.3, 0.4) is 0 Å². The Kier molecular flexibility index (Phi) is 5.85. The van der Waals surface area contributed by atoms with Crippen LogP contribution in [0.4, 0.5) is 8.78 Å². The first-order chi connectivity index (χ1) is 8.52. The zero-order valence-electron chi connectivity index (χ0n) is 11.0. The predicted molar refractivity (Wildman–Crippen MR) is 66.5 cm³/mol. The number of aryl methyl sites for hydroxylation is 1. The molecule has 0 aliphatic carbocycles. The van der Waals surface area contributed by atoms with E-state index in [0.717, 1.165) is 24.9 Å². The highest BCUT2D eigenvalue weighted by Gasteiger charge is 2.10. The lowest BCUT2D eigenvalue weighted by atomic mass is 10.1. The highest BCUT2D eigenvalue weighted by atomic mass is 19.3. The number of alkyl halides is 2. The summed E-state index contributed by atoms with van der Waals surface area (Å²) >= 11 is 0. The number of rotatable bonds is 7. The van der Waals surface area contributed by atoms with Crippen LogP contribution in [0.5, 0.6) is 11.5 Å². The van der Waals surface area contributed by atoms with E-state index in [0.29, 0.717) is 5.75 Å². The van der Waals surface area contributed by atoms with Crippen LogP contribution < -0.4 is 9.47 Å². The molecular formula is C13H19F2NO2. The minimum absolute atomic E-state index is 0.0730. The van der Waals surface area contributed by atoms with Crippen molar-refractivity contribution in [3.05, 3.63) is 23.8 Å². The van der Waals surface area contributed by atoms with Crippen molar-refractivity contribution in [2.24, 2.45) is 0 Å². The van der Waals surface area contributed by atoms with Crippen molar-refractivity contribution in [1.82, 2.24) is 4.90 Å². The Morgan fingerprint density at radius 1 is 1.22 bits per heavy atom. The Balaban J connectivity index is 2.66. The van der Waals surface area contributed by atoms with Crippen LogP contribution in [0.2, 0.25) is 0 Å². The predicted octanol–water partition coefficient (Wildman–Crippen LogP) is 2.79. The molecule has 18 heavy (non-hydrogen) atoms. The molecule has 1 rings (SSSR count). The van der Waals surface area contributed by atoms with Gasteiger partial charge in [0.15, 0.2) is 11.5 Å². The highest BCUT2D eigenvalue weighted by molar-refractivity contribution is 5.43. The largest absolute Gasteiger partial charge is 0.493 e. The quantitative estimate of drug-likeness (QED) is 0.751. The number of nitrogens with zero attached hydrogens (tertiary/aromatic N) is 1. The van der Waals surface area contributed by atoms with Gasteiger partial charge in [0.25, 0.3) is 0 Å². The zero-order chi connectivity index (χ0) is 13.5. The minimum Gasteiger partial charge on any atom is -0.493 e. The molecule has 0 N–H and O–H groups in total. The van der Waals surface area contributed by atoms with Crippen LogP contribution in [0.25, 0.3) is 0 Å². The van der Waals surface area contributed by atoms with Gasteiger partial charge in [-0.05, 0) is 51.2 Å². The fraction of sp³-hybridized carbons (Fsp3) is 0.538. The third-order valence-corrected chi connectivity index (χ3v) is 2.51. The number of halogens is 2. The number of ether oxygens (including phenoxy) is 2. The smallest absolute Gasteiger partial charge is 0.387 e.